The van der Waals surface area contributed by atoms with Gasteiger partial charge in [0.2, 0.25) is 0 Å². The van der Waals surface area contributed by atoms with Crippen LogP contribution in [-0.2, 0) is 0 Å². The maximum Gasteiger partial charge on any atom is 0.187 e. The number of carbonyl (C=O) groups is 1. The van der Waals surface area contributed by atoms with Crippen LogP contribution >= 0.6 is 23.2 Å². The lowest BCUT2D eigenvalue weighted by Crippen LogP contribution is -1.96. The first-order valence-corrected chi connectivity index (χ1v) is 8.47. The molecule has 0 bridgehead atoms. The SMILES string of the molecule is O=C(/C=C/Nc1cccc(Cl)c1Cl)c1ccc(-c2ccccc2)cc1. The fourth-order valence-corrected chi connectivity index (χ4v) is 2.73. The molecule has 25 heavy (non-hydrogen) atoms. The highest BCUT2D eigenvalue weighted by Crippen LogP contribution is 2.29. The van der Waals surface area contributed by atoms with E-state index in [9.17, 15) is 4.79 Å². The van der Waals surface area contributed by atoms with Gasteiger partial charge >= 0.3 is 0 Å². The minimum Gasteiger partial charge on any atom is -0.360 e. The van der Waals surface area contributed by atoms with Gasteiger partial charge in [-0.1, -0.05) is 83.9 Å². The van der Waals surface area contributed by atoms with Crippen molar-refractivity contribution in [2.75, 3.05) is 5.32 Å². The lowest BCUT2D eigenvalue weighted by atomic mass is 10.0. The number of carbonyl (C=O) groups excluding carboxylic acids is 1. The number of benzene rings is 3. The van der Waals surface area contributed by atoms with E-state index in [1.165, 1.54) is 6.08 Å². The van der Waals surface area contributed by atoms with Crippen molar-refractivity contribution in [3.05, 3.63) is 101 Å². The molecule has 2 nitrogen and oxygen atoms in total. The number of nitrogens with one attached hydrogen (secondary N) is 1. The Morgan fingerprint density at radius 2 is 1.48 bits per heavy atom. The van der Waals surface area contributed by atoms with Gasteiger partial charge in [-0.3, -0.25) is 4.79 Å². The van der Waals surface area contributed by atoms with Crippen LogP contribution < -0.4 is 5.32 Å². The molecule has 3 aromatic rings. The standard InChI is InChI=1S/C21H15Cl2NO/c22-18-7-4-8-19(21(18)23)24-14-13-20(25)17-11-9-16(10-12-17)15-5-2-1-3-6-15/h1-14,24H/b14-13+. The summed E-state index contributed by atoms with van der Waals surface area (Å²) < 4.78 is 0. The largest absolute Gasteiger partial charge is 0.360 e. The molecule has 3 rings (SSSR count). The molecular formula is C21H15Cl2NO. The third-order valence-corrected chi connectivity index (χ3v) is 4.52. The van der Waals surface area contributed by atoms with Crippen LogP contribution in [0.15, 0.2) is 85.1 Å². The summed E-state index contributed by atoms with van der Waals surface area (Å²) in [6, 6.07) is 22.8. The maximum absolute atomic E-state index is 12.2. The van der Waals surface area contributed by atoms with Crippen LogP contribution in [0, 0.1) is 0 Å². The highest BCUT2D eigenvalue weighted by Gasteiger charge is 2.04. The minimum absolute atomic E-state index is 0.0923. The molecule has 0 aliphatic heterocycles. The molecule has 4 heteroatoms. The molecule has 1 N–H and O–H groups in total. The van der Waals surface area contributed by atoms with E-state index in [0.717, 1.165) is 11.1 Å². The summed E-state index contributed by atoms with van der Waals surface area (Å²) in [4.78, 5) is 12.2. The third-order valence-electron chi connectivity index (χ3n) is 3.70. The van der Waals surface area contributed by atoms with E-state index in [2.05, 4.69) is 5.32 Å². The van der Waals surface area contributed by atoms with Gasteiger partial charge in [0.15, 0.2) is 5.78 Å². The van der Waals surface area contributed by atoms with E-state index < -0.39 is 0 Å². The molecule has 0 aromatic heterocycles. The van der Waals surface area contributed by atoms with Crippen molar-refractivity contribution in [2.24, 2.45) is 0 Å². The van der Waals surface area contributed by atoms with E-state index in [1.54, 1.807) is 24.4 Å². The average Bonchev–Trinajstić information content (AvgIpc) is 2.66. The lowest BCUT2D eigenvalue weighted by molar-refractivity contribution is 0.104. The Balaban J connectivity index is 1.68. The molecule has 124 valence electrons. The van der Waals surface area contributed by atoms with Crippen molar-refractivity contribution in [1.29, 1.82) is 0 Å². The van der Waals surface area contributed by atoms with Crippen molar-refractivity contribution >= 4 is 34.7 Å². The Hall–Kier alpha value is -2.55. The molecule has 0 heterocycles. The van der Waals surface area contributed by atoms with Gasteiger partial charge in [-0.05, 0) is 23.3 Å². The topological polar surface area (TPSA) is 29.1 Å². The molecular weight excluding hydrogens is 353 g/mol. The summed E-state index contributed by atoms with van der Waals surface area (Å²) in [6.45, 7) is 0. The monoisotopic (exact) mass is 367 g/mol. The summed E-state index contributed by atoms with van der Waals surface area (Å²) in [6.07, 6.45) is 3.03. The second-order valence-electron chi connectivity index (χ2n) is 5.39. The highest BCUT2D eigenvalue weighted by atomic mass is 35.5. The normalized spacial score (nSPS) is 10.8. The molecule has 0 spiro atoms. The molecule has 0 radical (unpaired) electrons. The number of allylic oxidation sites excluding steroid dienone is 1. The van der Waals surface area contributed by atoms with Gasteiger partial charge in [-0.2, -0.15) is 0 Å². The predicted octanol–water partition coefficient (Wildman–Crippen LogP) is 6.47. The Labute approximate surface area is 156 Å². The van der Waals surface area contributed by atoms with E-state index in [0.29, 0.717) is 21.3 Å². The van der Waals surface area contributed by atoms with E-state index >= 15 is 0 Å². The second kappa shape index (κ2) is 8.02. The summed E-state index contributed by atoms with van der Waals surface area (Å²) in [5.74, 6) is -0.0923. The quantitative estimate of drug-likeness (QED) is 0.413. The zero-order valence-corrected chi connectivity index (χ0v) is 14.8. The van der Waals surface area contributed by atoms with Crippen molar-refractivity contribution < 1.29 is 4.79 Å². The average molecular weight is 368 g/mol. The molecule has 0 aliphatic carbocycles. The first-order chi connectivity index (χ1) is 12.1. The Morgan fingerprint density at radius 3 is 2.20 bits per heavy atom. The zero-order valence-electron chi connectivity index (χ0n) is 13.2. The van der Waals surface area contributed by atoms with Gasteiger partial charge in [0.1, 0.15) is 0 Å². The van der Waals surface area contributed by atoms with Gasteiger partial charge in [0.05, 0.1) is 15.7 Å². The molecule has 0 fully saturated rings. The van der Waals surface area contributed by atoms with Crippen molar-refractivity contribution in [1.82, 2.24) is 0 Å². The molecule has 0 amide bonds. The van der Waals surface area contributed by atoms with Gasteiger partial charge in [0, 0.05) is 17.8 Å². The van der Waals surface area contributed by atoms with E-state index in [4.69, 9.17) is 23.2 Å². The number of anilines is 1. The minimum atomic E-state index is -0.0923. The second-order valence-corrected chi connectivity index (χ2v) is 6.17. The number of rotatable bonds is 5. The van der Waals surface area contributed by atoms with Gasteiger partial charge < -0.3 is 5.32 Å². The number of hydrogen-bond donors (Lipinski definition) is 1. The third kappa shape index (κ3) is 4.30. The van der Waals surface area contributed by atoms with Crippen molar-refractivity contribution in [2.45, 2.75) is 0 Å². The van der Waals surface area contributed by atoms with Crippen molar-refractivity contribution in [3.8, 4) is 11.1 Å². The number of halogens is 2. The first kappa shape index (κ1) is 17.3. The van der Waals surface area contributed by atoms with Gasteiger partial charge in [-0.25, -0.2) is 0 Å². The zero-order chi connectivity index (χ0) is 17.6. The molecule has 0 aliphatic rings. The van der Waals surface area contributed by atoms with Crippen LogP contribution in [0.3, 0.4) is 0 Å². The fraction of sp³-hybridized carbons (Fsp3) is 0. The van der Waals surface area contributed by atoms with Crippen LogP contribution in [-0.4, -0.2) is 5.78 Å². The Bertz CT molecular complexity index is 903. The van der Waals surface area contributed by atoms with Crippen LogP contribution in [0.5, 0.6) is 0 Å². The van der Waals surface area contributed by atoms with Crippen LogP contribution in [0.1, 0.15) is 10.4 Å². The summed E-state index contributed by atoms with van der Waals surface area (Å²) in [5.41, 5.74) is 3.46. The number of hydrogen-bond acceptors (Lipinski definition) is 2. The van der Waals surface area contributed by atoms with Gasteiger partial charge in [-0.15, -0.1) is 0 Å². The molecule has 0 saturated carbocycles. The van der Waals surface area contributed by atoms with Crippen molar-refractivity contribution in [3.63, 3.8) is 0 Å². The van der Waals surface area contributed by atoms with Gasteiger partial charge in [0.25, 0.3) is 0 Å². The van der Waals surface area contributed by atoms with Crippen LogP contribution in [0.2, 0.25) is 10.0 Å². The predicted molar refractivity (Wildman–Crippen MR) is 105 cm³/mol. The van der Waals surface area contributed by atoms with E-state index in [-0.39, 0.29) is 5.78 Å². The lowest BCUT2D eigenvalue weighted by Gasteiger charge is -2.05. The summed E-state index contributed by atoms with van der Waals surface area (Å²) >= 11 is 12.0. The van der Waals surface area contributed by atoms with Crippen LogP contribution in [0.4, 0.5) is 5.69 Å². The number of ketones is 1. The Morgan fingerprint density at radius 1 is 0.800 bits per heavy atom. The highest BCUT2D eigenvalue weighted by molar-refractivity contribution is 6.43. The van der Waals surface area contributed by atoms with Crippen LogP contribution in [0.25, 0.3) is 11.1 Å². The molecule has 3 aromatic carbocycles. The molecule has 0 unspecified atom stereocenters. The fourth-order valence-electron chi connectivity index (χ4n) is 2.38. The molecule has 0 atom stereocenters. The first-order valence-electron chi connectivity index (χ1n) is 7.72. The molecule has 0 saturated heterocycles. The smallest absolute Gasteiger partial charge is 0.187 e. The maximum atomic E-state index is 12.2. The Kier molecular flexibility index (Phi) is 5.54. The van der Waals surface area contributed by atoms with E-state index in [1.807, 2.05) is 54.6 Å². The summed E-state index contributed by atoms with van der Waals surface area (Å²) in [5, 5.41) is 3.86. The summed E-state index contributed by atoms with van der Waals surface area (Å²) in [7, 11) is 0.